The zero-order chi connectivity index (χ0) is 12.6. The van der Waals surface area contributed by atoms with E-state index in [-0.39, 0.29) is 22.3 Å². The van der Waals surface area contributed by atoms with Gasteiger partial charge in [-0.3, -0.25) is 0 Å². The Kier molecular flexibility index (Phi) is 4.08. The lowest BCUT2D eigenvalue weighted by Crippen LogP contribution is -2.10. The fourth-order valence-corrected chi connectivity index (χ4v) is 5.52. The van der Waals surface area contributed by atoms with Gasteiger partial charge in [-0.1, -0.05) is 51.3 Å². The molecule has 1 heterocycles. The Morgan fingerprint density at radius 1 is 1.35 bits per heavy atom. The lowest BCUT2D eigenvalue weighted by atomic mass is 9.99. The third kappa shape index (κ3) is 2.98. The molecule has 2 unspecified atom stereocenters. The minimum Gasteiger partial charge on any atom is -0.229 e. The summed E-state index contributed by atoms with van der Waals surface area (Å²) >= 11 is 15.6. The first-order valence-corrected chi connectivity index (χ1v) is 8.68. The van der Waals surface area contributed by atoms with Crippen molar-refractivity contribution in [2.75, 3.05) is 11.5 Å². The fourth-order valence-electron chi connectivity index (χ4n) is 2.04. The third-order valence-electron chi connectivity index (χ3n) is 2.96. The normalized spacial score (nSPS) is 24.8. The second-order valence-corrected chi connectivity index (χ2v) is 8.21. The van der Waals surface area contributed by atoms with E-state index >= 15 is 0 Å². The molecule has 0 radical (unpaired) electrons. The Morgan fingerprint density at radius 3 is 2.65 bits per heavy atom. The molecule has 0 N–H and O–H groups in total. The van der Waals surface area contributed by atoms with Crippen molar-refractivity contribution in [3.8, 4) is 0 Å². The molecule has 0 amide bonds. The van der Waals surface area contributed by atoms with Crippen molar-refractivity contribution in [1.82, 2.24) is 0 Å². The van der Waals surface area contributed by atoms with Crippen molar-refractivity contribution in [2.45, 2.75) is 11.2 Å². The molecule has 0 spiro atoms. The molecule has 94 valence electrons. The van der Waals surface area contributed by atoms with Gasteiger partial charge in [-0.15, -0.1) is 0 Å². The number of halogens is 3. The highest BCUT2D eigenvalue weighted by molar-refractivity contribution is 9.09. The van der Waals surface area contributed by atoms with Crippen LogP contribution in [0.25, 0.3) is 0 Å². The summed E-state index contributed by atoms with van der Waals surface area (Å²) in [5.74, 6) is 0.542. The Hall–Kier alpha value is 0.230. The smallest absolute Gasteiger partial charge is 0.150 e. The second-order valence-electron chi connectivity index (χ2n) is 4.21. The molecule has 0 saturated carbocycles. The molecule has 2 nitrogen and oxygen atoms in total. The van der Waals surface area contributed by atoms with Crippen LogP contribution in [0.2, 0.25) is 10.0 Å². The van der Waals surface area contributed by atoms with Gasteiger partial charge in [0.1, 0.15) is 0 Å². The molecule has 2 rings (SSSR count). The van der Waals surface area contributed by atoms with E-state index in [1.54, 1.807) is 6.07 Å². The lowest BCUT2D eigenvalue weighted by molar-refractivity contribution is 0.580. The number of benzene rings is 1. The number of rotatable bonds is 2. The lowest BCUT2D eigenvalue weighted by Gasteiger charge is -2.18. The van der Waals surface area contributed by atoms with Crippen molar-refractivity contribution in [2.24, 2.45) is 5.92 Å². The van der Waals surface area contributed by atoms with Gasteiger partial charge in [0.15, 0.2) is 9.84 Å². The molecule has 1 aromatic carbocycles. The summed E-state index contributed by atoms with van der Waals surface area (Å²) in [5, 5.41) is 0.995. The van der Waals surface area contributed by atoms with E-state index in [2.05, 4.69) is 15.9 Å². The third-order valence-corrected chi connectivity index (χ3v) is 6.83. The molecule has 0 aliphatic carbocycles. The van der Waals surface area contributed by atoms with Gasteiger partial charge >= 0.3 is 0 Å². The quantitative estimate of drug-likeness (QED) is 0.753. The first kappa shape index (κ1) is 13.7. The first-order chi connectivity index (χ1) is 7.91. The highest BCUT2D eigenvalue weighted by atomic mass is 79.9. The van der Waals surface area contributed by atoms with E-state index in [1.807, 2.05) is 12.1 Å². The highest BCUT2D eigenvalue weighted by Crippen LogP contribution is 2.42. The molecule has 0 bridgehead atoms. The minimum atomic E-state index is -2.88. The van der Waals surface area contributed by atoms with E-state index in [0.717, 1.165) is 5.56 Å². The van der Waals surface area contributed by atoms with Crippen LogP contribution in [0, 0.1) is 5.92 Å². The Labute approximate surface area is 119 Å². The summed E-state index contributed by atoms with van der Waals surface area (Å²) in [7, 11) is -2.88. The first-order valence-electron chi connectivity index (χ1n) is 5.19. The molecule has 2 atom stereocenters. The summed E-state index contributed by atoms with van der Waals surface area (Å²) in [6.07, 6.45) is 0.668. The van der Waals surface area contributed by atoms with Gasteiger partial charge in [0.05, 0.1) is 21.6 Å². The SMILES string of the molecule is O=S1(=O)CCC(C(Br)c2cccc(Cl)c2Cl)C1. The topological polar surface area (TPSA) is 34.1 Å². The highest BCUT2D eigenvalue weighted by Gasteiger charge is 2.34. The van der Waals surface area contributed by atoms with Crippen LogP contribution < -0.4 is 0 Å². The van der Waals surface area contributed by atoms with Crippen LogP contribution in [0.1, 0.15) is 16.8 Å². The second kappa shape index (κ2) is 5.08. The van der Waals surface area contributed by atoms with Crippen LogP contribution in [0.5, 0.6) is 0 Å². The van der Waals surface area contributed by atoms with Gasteiger partial charge in [-0.25, -0.2) is 8.42 Å². The standard InChI is InChI=1S/C11H11BrCl2O2S/c12-10(7-4-5-17(15,16)6-7)8-2-1-3-9(13)11(8)14/h1-3,7,10H,4-6H2. The van der Waals surface area contributed by atoms with E-state index in [4.69, 9.17) is 23.2 Å². The van der Waals surface area contributed by atoms with Crippen molar-refractivity contribution < 1.29 is 8.42 Å². The van der Waals surface area contributed by atoms with Gasteiger partial charge in [0.2, 0.25) is 0 Å². The van der Waals surface area contributed by atoms with E-state index < -0.39 is 9.84 Å². The fraction of sp³-hybridized carbons (Fsp3) is 0.455. The largest absolute Gasteiger partial charge is 0.229 e. The van der Waals surface area contributed by atoms with Crippen LogP contribution >= 0.6 is 39.1 Å². The molecule has 1 aliphatic rings. The molecular formula is C11H11BrCl2O2S. The van der Waals surface area contributed by atoms with Gasteiger partial charge in [0, 0.05) is 4.83 Å². The van der Waals surface area contributed by atoms with Crippen LogP contribution in [0.4, 0.5) is 0 Å². The maximum atomic E-state index is 11.4. The summed E-state index contributed by atoms with van der Waals surface area (Å²) in [5.41, 5.74) is 0.862. The Balaban J connectivity index is 2.26. The summed E-state index contributed by atoms with van der Waals surface area (Å²) < 4.78 is 22.9. The number of alkyl halides is 1. The van der Waals surface area contributed by atoms with Crippen LogP contribution in [0.3, 0.4) is 0 Å². The van der Waals surface area contributed by atoms with Crippen molar-refractivity contribution in [3.63, 3.8) is 0 Å². The maximum Gasteiger partial charge on any atom is 0.150 e. The molecule has 6 heteroatoms. The van der Waals surface area contributed by atoms with Crippen LogP contribution in [0.15, 0.2) is 18.2 Å². The zero-order valence-corrected chi connectivity index (χ0v) is 12.8. The molecule has 17 heavy (non-hydrogen) atoms. The number of hydrogen-bond acceptors (Lipinski definition) is 2. The predicted octanol–water partition coefficient (Wildman–Crippen LogP) is 3.86. The van der Waals surface area contributed by atoms with Crippen LogP contribution in [-0.2, 0) is 9.84 Å². The average Bonchev–Trinajstić information content (AvgIpc) is 2.62. The number of sulfone groups is 1. The summed E-state index contributed by atoms with van der Waals surface area (Å²) in [6.45, 7) is 0. The Bertz CT molecular complexity index is 530. The average molecular weight is 358 g/mol. The maximum absolute atomic E-state index is 11.4. The van der Waals surface area contributed by atoms with Crippen LogP contribution in [-0.4, -0.2) is 19.9 Å². The summed E-state index contributed by atoms with van der Waals surface area (Å²) in [6, 6.07) is 5.42. The summed E-state index contributed by atoms with van der Waals surface area (Å²) in [4.78, 5) is -0.0639. The van der Waals surface area contributed by atoms with E-state index in [0.29, 0.717) is 16.5 Å². The van der Waals surface area contributed by atoms with Crippen molar-refractivity contribution in [3.05, 3.63) is 33.8 Å². The predicted molar refractivity (Wildman–Crippen MR) is 74.9 cm³/mol. The van der Waals surface area contributed by atoms with E-state index in [1.165, 1.54) is 0 Å². The van der Waals surface area contributed by atoms with Crippen molar-refractivity contribution in [1.29, 1.82) is 0 Å². The molecular weight excluding hydrogens is 347 g/mol. The van der Waals surface area contributed by atoms with Gasteiger partial charge in [0.25, 0.3) is 0 Å². The minimum absolute atomic E-state index is 0.0639. The van der Waals surface area contributed by atoms with Gasteiger partial charge in [-0.2, -0.15) is 0 Å². The Morgan fingerprint density at radius 2 is 2.06 bits per heavy atom. The zero-order valence-electron chi connectivity index (χ0n) is 8.87. The van der Waals surface area contributed by atoms with Gasteiger partial charge < -0.3 is 0 Å². The molecule has 1 aliphatic heterocycles. The van der Waals surface area contributed by atoms with Gasteiger partial charge in [-0.05, 0) is 24.0 Å². The monoisotopic (exact) mass is 356 g/mol. The molecule has 1 saturated heterocycles. The molecule has 1 aromatic rings. The molecule has 0 aromatic heterocycles. The van der Waals surface area contributed by atoms with E-state index in [9.17, 15) is 8.42 Å². The molecule has 1 fully saturated rings. The number of hydrogen-bond donors (Lipinski definition) is 0. The van der Waals surface area contributed by atoms with Crippen molar-refractivity contribution >= 4 is 49.0 Å².